The highest BCUT2D eigenvalue weighted by Crippen LogP contribution is 2.42. The Morgan fingerprint density at radius 3 is 2.49 bits per heavy atom. The summed E-state index contributed by atoms with van der Waals surface area (Å²) in [6.45, 7) is 5.50. The number of hydrogen-bond donors (Lipinski definition) is 3. The number of anilines is 4. The third-order valence-corrected chi connectivity index (χ3v) is 6.26. The van der Waals surface area contributed by atoms with Crippen LogP contribution in [0.4, 0.5) is 22.3 Å². The normalized spacial score (nSPS) is 10.6. The number of rotatable bonds is 10. The van der Waals surface area contributed by atoms with Crippen LogP contribution >= 0.6 is 11.3 Å². The van der Waals surface area contributed by atoms with Gasteiger partial charge >= 0.3 is 0 Å². The number of thiazole rings is 1. The number of nitrogen functional groups attached to an aromatic ring is 1. The second-order valence-corrected chi connectivity index (χ2v) is 8.77. The van der Waals surface area contributed by atoms with Gasteiger partial charge in [-0.1, -0.05) is 28.6 Å². The van der Waals surface area contributed by atoms with E-state index >= 15 is 0 Å². The number of benzene rings is 2. The topological polar surface area (TPSA) is 147 Å². The number of carbonyl (C=O) groups is 1. The molecule has 1 amide bonds. The van der Waals surface area contributed by atoms with Crippen LogP contribution in [0.3, 0.4) is 0 Å². The van der Waals surface area contributed by atoms with Crippen molar-refractivity contribution in [1.29, 1.82) is 0 Å². The van der Waals surface area contributed by atoms with Crippen LogP contribution in [-0.4, -0.2) is 42.4 Å². The van der Waals surface area contributed by atoms with Gasteiger partial charge in [0.1, 0.15) is 10.7 Å². The summed E-state index contributed by atoms with van der Waals surface area (Å²) in [4.78, 5) is 21.4. The van der Waals surface area contributed by atoms with Gasteiger partial charge in [-0.3, -0.25) is 4.79 Å². The summed E-state index contributed by atoms with van der Waals surface area (Å²) in [7, 11) is 4.62. The average molecular weight is 523 g/mol. The van der Waals surface area contributed by atoms with Gasteiger partial charge in [0.25, 0.3) is 5.89 Å². The number of amides is 1. The molecule has 12 heteroatoms. The minimum Gasteiger partial charge on any atom is -0.493 e. The summed E-state index contributed by atoms with van der Waals surface area (Å²) in [5, 5.41) is 10.6. The van der Waals surface area contributed by atoms with E-state index < -0.39 is 0 Å². The van der Waals surface area contributed by atoms with Gasteiger partial charge in [-0.15, -0.1) is 6.58 Å². The van der Waals surface area contributed by atoms with Crippen LogP contribution in [0.2, 0.25) is 0 Å². The van der Waals surface area contributed by atoms with E-state index in [1.165, 1.54) is 18.4 Å². The predicted molar refractivity (Wildman–Crippen MR) is 143 cm³/mol. The van der Waals surface area contributed by atoms with Gasteiger partial charge in [-0.2, -0.15) is 4.98 Å². The van der Waals surface area contributed by atoms with Gasteiger partial charge in [-0.05, 0) is 24.6 Å². The number of methoxy groups -OCH3 is 3. The lowest BCUT2D eigenvalue weighted by atomic mass is 10.1. The molecule has 2 heterocycles. The average Bonchev–Trinajstić information content (AvgIpc) is 3.51. The molecule has 0 spiro atoms. The number of aromatic nitrogens is 3. The standard InChI is InChI=1S/C25H26N6O5S/c1-6-7-19(32)27-14-9-8-13(2)16(10-14)23-30-24(36-31-23)21-22(26)29-25(37-21)28-15-11-17(33-3)20(35-5)18(12-15)34-4/h6,8-12H,1,7,26H2,2-5H3,(H,27,32)(H,28,29). The lowest BCUT2D eigenvalue weighted by molar-refractivity contribution is -0.115. The highest BCUT2D eigenvalue weighted by molar-refractivity contribution is 7.19. The van der Waals surface area contributed by atoms with Crippen LogP contribution in [0.25, 0.3) is 22.2 Å². The summed E-state index contributed by atoms with van der Waals surface area (Å²) in [6, 6.07) is 8.98. The first-order chi connectivity index (χ1) is 17.9. The first-order valence-electron chi connectivity index (χ1n) is 11.1. The van der Waals surface area contributed by atoms with Crippen LogP contribution in [0.5, 0.6) is 17.2 Å². The fraction of sp³-hybridized carbons (Fsp3) is 0.200. The maximum atomic E-state index is 11.9. The summed E-state index contributed by atoms with van der Waals surface area (Å²) in [5.41, 5.74) is 9.08. The molecule has 192 valence electrons. The van der Waals surface area contributed by atoms with Gasteiger partial charge < -0.3 is 35.1 Å². The van der Waals surface area contributed by atoms with Gasteiger partial charge in [0.2, 0.25) is 17.5 Å². The van der Waals surface area contributed by atoms with Crippen molar-refractivity contribution in [2.24, 2.45) is 0 Å². The molecular formula is C25H26N6O5S. The van der Waals surface area contributed by atoms with E-state index in [1.54, 1.807) is 38.5 Å². The number of ether oxygens (including phenoxy) is 3. The number of nitrogens with zero attached hydrogens (tertiary/aromatic N) is 3. The zero-order chi connectivity index (χ0) is 26.5. The summed E-state index contributed by atoms with van der Waals surface area (Å²) in [6.07, 6.45) is 1.76. The van der Waals surface area contributed by atoms with Crippen LogP contribution < -0.4 is 30.6 Å². The van der Waals surface area contributed by atoms with E-state index in [2.05, 4.69) is 32.3 Å². The van der Waals surface area contributed by atoms with Gasteiger partial charge in [0.15, 0.2) is 16.6 Å². The van der Waals surface area contributed by atoms with Crippen LogP contribution in [0, 0.1) is 6.92 Å². The highest BCUT2D eigenvalue weighted by atomic mass is 32.1. The zero-order valence-corrected chi connectivity index (χ0v) is 21.6. The Labute approximate surface area is 217 Å². The Balaban J connectivity index is 1.59. The molecule has 4 rings (SSSR count). The molecule has 0 aliphatic carbocycles. The van der Waals surface area contributed by atoms with Crippen molar-refractivity contribution in [2.45, 2.75) is 13.3 Å². The van der Waals surface area contributed by atoms with E-state index in [4.69, 9.17) is 24.5 Å². The van der Waals surface area contributed by atoms with Crippen LogP contribution in [0.1, 0.15) is 12.0 Å². The number of aryl methyl sites for hydroxylation is 1. The summed E-state index contributed by atoms with van der Waals surface area (Å²) in [5.74, 6) is 2.12. The SMILES string of the molecule is C=CCC(=O)Nc1ccc(C)c(-c2noc(-c3sc(Nc4cc(OC)c(OC)c(OC)c4)nc3N)n2)c1. The molecule has 37 heavy (non-hydrogen) atoms. The van der Waals surface area contributed by atoms with Crippen molar-refractivity contribution in [3.63, 3.8) is 0 Å². The quantitative estimate of drug-likeness (QED) is 0.242. The van der Waals surface area contributed by atoms with E-state index in [1.807, 2.05) is 19.1 Å². The number of nitrogens with two attached hydrogens (primary N) is 1. The van der Waals surface area contributed by atoms with Crippen LogP contribution in [0.15, 0.2) is 47.5 Å². The minimum absolute atomic E-state index is 0.164. The second-order valence-electron chi connectivity index (χ2n) is 7.77. The van der Waals surface area contributed by atoms with Gasteiger partial charge in [0.05, 0.1) is 21.3 Å². The highest BCUT2D eigenvalue weighted by Gasteiger charge is 2.20. The molecule has 0 fully saturated rings. The monoisotopic (exact) mass is 522 g/mol. The predicted octanol–water partition coefficient (Wildman–Crippen LogP) is 5.03. The second kappa shape index (κ2) is 11.0. The molecule has 2 aromatic heterocycles. The van der Waals surface area contributed by atoms with Gasteiger partial charge in [0, 0.05) is 35.5 Å². The third kappa shape index (κ3) is 5.48. The first-order valence-corrected chi connectivity index (χ1v) is 11.9. The molecule has 11 nitrogen and oxygen atoms in total. The first kappa shape index (κ1) is 25.5. The zero-order valence-electron chi connectivity index (χ0n) is 20.7. The van der Waals surface area contributed by atoms with E-state index in [9.17, 15) is 4.79 Å². The molecule has 2 aromatic carbocycles. The maximum absolute atomic E-state index is 11.9. The summed E-state index contributed by atoms with van der Waals surface area (Å²) >= 11 is 1.25. The molecule has 0 aliphatic rings. The minimum atomic E-state index is -0.164. The summed E-state index contributed by atoms with van der Waals surface area (Å²) < 4.78 is 21.7. The van der Waals surface area contributed by atoms with E-state index in [0.29, 0.717) is 50.0 Å². The van der Waals surface area contributed by atoms with Crippen molar-refractivity contribution in [2.75, 3.05) is 37.7 Å². The Kier molecular flexibility index (Phi) is 7.58. The third-order valence-electron chi connectivity index (χ3n) is 5.28. The maximum Gasteiger partial charge on any atom is 0.272 e. The number of hydrogen-bond acceptors (Lipinski definition) is 11. The fourth-order valence-corrected chi connectivity index (χ4v) is 4.35. The Morgan fingerprint density at radius 2 is 1.84 bits per heavy atom. The Hall–Kier alpha value is -4.58. The molecule has 0 aliphatic heterocycles. The van der Waals surface area contributed by atoms with Crippen molar-refractivity contribution >= 4 is 39.6 Å². The molecule has 0 radical (unpaired) electrons. The van der Waals surface area contributed by atoms with Crippen molar-refractivity contribution < 1.29 is 23.5 Å². The lowest BCUT2D eigenvalue weighted by Gasteiger charge is -2.14. The lowest BCUT2D eigenvalue weighted by Crippen LogP contribution is -2.10. The molecule has 4 N–H and O–H groups in total. The van der Waals surface area contributed by atoms with E-state index in [-0.39, 0.29) is 24.0 Å². The van der Waals surface area contributed by atoms with Crippen LogP contribution in [-0.2, 0) is 4.79 Å². The fourth-order valence-electron chi connectivity index (χ4n) is 3.52. The van der Waals surface area contributed by atoms with Gasteiger partial charge in [-0.25, -0.2) is 4.98 Å². The van der Waals surface area contributed by atoms with E-state index in [0.717, 1.165) is 5.56 Å². The number of carbonyl (C=O) groups excluding carboxylic acids is 1. The molecule has 4 aromatic rings. The molecule has 0 saturated carbocycles. The van der Waals surface area contributed by atoms with Crippen molar-refractivity contribution in [3.8, 4) is 39.4 Å². The molecule has 0 unspecified atom stereocenters. The Morgan fingerprint density at radius 1 is 1.11 bits per heavy atom. The molecular weight excluding hydrogens is 496 g/mol. The number of nitrogens with one attached hydrogen (secondary N) is 2. The largest absolute Gasteiger partial charge is 0.493 e. The Bertz CT molecular complexity index is 1420. The smallest absolute Gasteiger partial charge is 0.272 e. The molecule has 0 atom stereocenters. The van der Waals surface area contributed by atoms with Crippen molar-refractivity contribution in [1.82, 2.24) is 15.1 Å². The molecule has 0 saturated heterocycles. The van der Waals surface area contributed by atoms with Crippen molar-refractivity contribution in [3.05, 3.63) is 48.6 Å². The molecule has 0 bridgehead atoms.